The molecule has 1 saturated heterocycles. The second-order valence-electron chi connectivity index (χ2n) is 5.56. The van der Waals surface area contributed by atoms with Crippen LogP contribution in [-0.2, 0) is 0 Å². The van der Waals surface area contributed by atoms with Crippen LogP contribution in [0.5, 0.6) is 0 Å². The lowest BCUT2D eigenvalue weighted by Gasteiger charge is -2.21. The van der Waals surface area contributed by atoms with Crippen molar-refractivity contribution < 1.29 is 9.72 Å². The van der Waals surface area contributed by atoms with Gasteiger partial charge in [-0.1, -0.05) is 12.8 Å². The van der Waals surface area contributed by atoms with Crippen LogP contribution in [0.25, 0.3) is 0 Å². The molecule has 1 heterocycles. The fourth-order valence-corrected chi connectivity index (χ4v) is 2.64. The van der Waals surface area contributed by atoms with Gasteiger partial charge < -0.3 is 9.80 Å². The van der Waals surface area contributed by atoms with Crippen molar-refractivity contribution in [3.8, 4) is 0 Å². The molecule has 6 nitrogen and oxygen atoms in total. The van der Waals surface area contributed by atoms with Crippen molar-refractivity contribution in [2.75, 3.05) is 32.1 Å². The summed E-state index contributed by atoms with van der Waals surface area (Å²) in [4.78, 5) is 26.7. The largest absolute Gasteiger partial charge is 0.372 e. The van der Waals surface area contributed by atoms with Crippen LogP contribution >= 0.6 is 0 Å². The first-order valence-corrected chi connectivity index (χ1v) is 7.26. The van der Waals surface area contributed by atoms with Crippen LogP contribution in [0.2, 0.25) is 0 Å². The number of hydrogen-bond donors (Lipinski definition) is 0. The van der Waals surface area contributed by atoms with Crippen molar-refractivity contribution in [1.82, 2.24) is 4.90 Å². The monoisotopic (exact) mass is 291 g/mol. The second-order valence-corrected chi connectivity index (χ2v) is 5.56. The molecule has 1 aromatic rings. The quantitative estimate of drug-likeness (QED) is 0.634. The first kappa shape index (κ1) is 15.3. The van der Waals surface area contributed by atoms with Gasteiger partial charge in [-0.2, -0.15) is 0 Å². The summed E-state index contributed by atoms with van der Waals surface area (Å²) < 4.78 is 0. The predicted molar refractivity (Wildman–Crippen MR) is 81.8 cm³/mol. The minimum Gasteiger partial charge on any atom is -0.372 e. The Labute approximate surface area is 124 Å². The highest BCUT2D eigenvalue weighted by atomic mass is 16.6. The topological polar surface area (TPSA) is 66.7 Å². The molecule has 0 spiro atoms. The van der Waals surface area contributed by atoms with Crippen molar-refractivity contribution >= 4 is 17.3 Å². The zero-order chi connectivity index (χ0) is 15.4. The fraction of sp³-hybridized carbons (Fsp3) is 0.533. The fourth-order valence-electron chi connectivity index (χ4n) is 2.64. The van der Waals surface area contributed by atoms with E-state index in [-0.39, 0.29) is 11.6 Å². The van der Waals surface area contributed by atoms with Gasteiger partial charge in [-0.25, -0.2) is 0 Å². The molecule has 0 radical (unpaired) electrons. The highest BCUT2D eigenvalue weighted by Crippen LogP contribution is 2.28. The third kappa shape index (κ3) is 3.51. The van der Waals surface area contributed by atoms with Crippen molar-refractivity contribution in [2.45, 2.75) is 25.7 Å². The number of nitro groups is 1. The van der Waals surface area contributed by atoms with Gasteiger partial charge in [-0.15, -0.1) is 0 Å². The Morgan fingerprint density at radius 2 is 1.81 bits per heavy atom. The highest BCUT2D eigenvalue weighted by Gasteiger charge is 2.22. The third-order valence-corrected chi connectivity index (χ3v) is 3.79. The number of carbonyl (C=O) groups is 1. The lowest BCUT2D eigenvalue weighted by atomic mass is 10.1. The zero-order valence-electron chi connectivity index (χ0n) is 12.5. The van der Waals surface area contributed by atoms with Gasteiger partial charge >= 0.3 is 0 Å². The minimum atomic E-state index is -0.436. The Kier molecular flexibility index (Phi) is 4.77. The van der Waals surface area contributed by atoms with E-state index in [9.17, 15) is 14.9 Å². The highest BCUT2D eigenvalue weighted by molar-refractivity contribution is 5.95. The van der Waals surface area contributed by atoms with Gasteiger partial charge in [0.15, 0.2) is 0 Å². The standard InChI is InChI=1S/C15H21N3O3/c1-16(2)13-8-7-12(11-14(13)18(20)21)15(19)17-9-5-3-4-6-10-17/h7-8,11H,3-6,9-10H2,1-2H3. The van der Waals surface area contributed by atoms with Gasteiger partial charge in [0.1, 0.15) is 5.69 Å². The molecule has 1 aliphatic rings. The minimum absolute atomic E-state index is 0.0272. The molecule has 114 valence electrons. The molecule has 1 aliphatic heterocycles. The number of amides is 1. The second kappa shape index (κ2) is 6.56. The van der Waals surface area contributed by atoms with Gasteiger partial charge in [-0.05, 0) is 25.0 Å². The van der Waals surface area contributed by atoms with Gasteiger partial charge in [0.25, 0.3) is 11.6 Å². The van der Waals surface area contributed by atoms with Crippen LogP contribution in [0, 0.1) is 10.1 Å². The maximum atomic E-state index is 12.5. The molecule has 0 aromatic heterocycles. The number of rotatable bonds is 3. The van der Waals surface area contributed by atoms with Gasteiger partial charge in [0.2, 0.25) is 0 Å². The van der Waals surface area contributed by atoms with E-state index >= 15 is 0 Å². The van der Waals surface area contributed by atoms with Gasteiger partial charge in [-0.3, -0.25) is 14.9 Å². The van der Waals surface area contributed by atoms with Crippen LogP contribution in [0.3, 0.4) is 0 Å². The molecule has 21 heavy (non-hydrogen) atoms. The molecule has 1 amide bonds. The summed E-state index contributed by atoms with van der Waals surface area (Å²) in [5.41, 5.74) is 0.877. The summed E-state index contributed by atoms with van der Waals surface area (Å²) in [6.07, 6.45) is 4.29. The van der Waals surface area contributed by atoms with E-state index < -0.39 is 4.92 Å². The van der Waals surface area contributed by atoms with Crippen LogP contribution < -0.4 is 4.90 Å². The predicted octanol–water partition coefficient (Wildman–Crippen LogP) is 2.68. The first-order chi connectivity index (χ1) is 10.0. The van der Waals surface area contributed by atoms with E-state index in [4.69, 9.17) is 0 Å². The summed E-state index contributed by atoms with van der Waals surface area (Å²) in [5, 5.41) is 11.2. The van der Waals surface area contributed by atoms with E-state index in [2.05, 4.69) is 0 Å². The zero-order valence-corrected chi connectivity index (χ0v) is 12.5. The number of nitrogens with zero attached hydrogens (tertiary/aromatic N) is 3. The lowest BCUT2D eigenvalue weighted by molar-refractivity contribution is -0.384. The maximum absolute atomic E-state index is 12.5. The average Bonchev–Trinajstić information content (AvgIpc) is 2.74. The van der Waals surface area contributed by atoms with E-state index in [0.717, 1.165) is 38.8 Å². The number of anilines is 1. The van der Waals surface area contributed by atoms with Crippen LogP contribution in [0.15, 0.2) is 18.2 Å². The molecule has 0 saturated carbocycles. The van der Waals surface area contributed by atoms with E-state index in [0.29, 0.717) is 11.3 Å². The molecule has 0 atom stereocenters. The normalized spacial score (nSPS) is 15.4. The number of benzene rings is 1. The van der Waals surface area contributed by atoms with Gasteiger partial charge in [0, 0.05) is 38.8 Å². The summed E-state index contributed by atoms with van der Waals surface area (Å²) in [6.45, 7) is 1.48. The maximum Gasteiger partial charge on any atom is 0.293 e. The number of nitro benzene ring substituents is 1. The lowest BCUT2D eigenvalue weighted by Crippen LogP contribution is -2.31. The van der Waals surface area contributed by atoms with Crippen molar-refractivity contribution in [1.29, 1.82) is 0 Å². The van der Waals surface area contributed by atoms with Crippen LogP contribution in [-0.4, -0.2) is 42.9 Å². The number of likely N-dealkylation sites (tertiary alicyclic amines) is 1. The molecule has 0 bridgehead atoms. The summed E-state index contributed by atoms with van der Waals surface area (Å²) in [6, 6.07) is 4.71. The molecular formula is C15H21N3O3. The molecule has 6 heteroatoms. The van der Waals surface area contributed by atoms with E-state index in [1.165, 1.54) is 6.07 Å². The molecule has 0 aliphatic carbocycles. The van der Waals surface area contributed by atoms with E-state index in [1.54, 1.807) is 36.0 Å². The summed E-state index contributed by atoms with van der Waals surface area (Å²) in [5.74, 6) is -0.106. The molecular weight excluding hydrogens is 270 g/mol. The smallest absolute Gasteiger partial charge is 0.293 e. The van der Waals surface area contributed by atoms with Crippen molar-refractivity contribution in [3.63, 3.8) is 0 Å². The SMILES string of the molecule is CN(C)c1ccc(C(=O)N2CCCCCC2)cc1[N+](=O)[O-]. The van der Waals surface area contributed by atoms with Crippen molar-refractivity contribution in [2.24, 2.45) is 0 Å². The molecule has 0 unspecified atom stereocenters. The molecule has 0 N–H and O–H groups in total. The molecule has 2 rings (SSSR count). The Hall–Kier alpha value is -2.11. The number of carbonyl (C=O) groups excluding carboxylic acids is 1. The summed E-state index contributed by atoms with van der Waals surface area (Å²) in [7, 11) is 3.50. The molecule has 1 fully saturated rings. The van der Waals surface area contributed by atoms with Crippen LogP contribution in [0.4, 0.5) is 11.4 Å². The Morgan fingerprint density at radius 3 is 2.33 bits per heavy atom. The van der Waals surface area contributed by atoms with Crippen LogP contribution in [0.1, 0.15) is 36.0 Å². The molecule has 1 aromatic carbocycles. The van der Waals surface area contributed by atoms with Crippen molar-refractivity contribution in [3.05, 3.63) is 33.9 Å². The third-order valence-electron chi connectivity index (χ3n) is 3.79. The van der Waals surface area contributed by atoms with E-state index in [1.807, 2.05) is 0 Å². The number of hydrogen-bond acceptors (Lipinski definition) is 4. The summed E-state index contributed by atoms with van der Waals surface area (Å²) >= 11 is 0. The Morgan fingerprint density at radius 1 is 1.19 bits per heavy atom. The first-order valence-electron chi connectivity index (χ1n) is 7.26. The van der Waals surface area contributed by atoms with Gasteiger partial charge in [0.05, 0.1) is 4.92 Å². The Balaban J connectivity index is 2.29. The average molecular weight is 291 g/mol. The Bertz CT molecular complexity index is 535.